The van der Waals surface area contributed by atoms with Crippen LogP contribution in [0.1, 0.15) is 129 Å². The molecule has 0 unspecified atom stereocenters. The molecule has 0 aliphatic rings. The van der Waals surface area contributed by atoms with E-state index in [1.54, 1.807) is 0 Å². The third-order valence-corrected chi connectivity index (χ3v) is 7.34. The van der Waals surface area contributed by atoms with Gasteiger partial charge in [0.25, 0.3) is 0 Å². The third kappa shape index (κ3) is 33.4. The van der Waals surface area contributed by atoms with Gasteiger partial charge in [0.05, 0.1) is 26.2 Å². The number of carbonyl (C=O) groups excluding carboxylic acids is 1. The van der Waals surface area contributed by atoms with Crippen LogP contribution in [0.4, 0.5) is 0 Å². The van der Waals surface area contributed by atoms with Gasteiger partial charge in [-0.15, -0.1) is 0 Å². The Morgan fingerprint density at radius 2 is 1.07 bits per heavy atom. The maximum absolute atomic E-state index is 12.4. The molecule has 0 rings (SSSR count). The standard InChI is InChI=1S/C38H69NO6/c1-3-5-7-9-11-16-25-35-44-38(45-36-26-17-12-10-8-6-4-2)28-27-37(42)43-34-24-18-14-20-30-39(31-21-23-33-41)29-19-13-15-22-32-40/h5-8,11-12,16-17,38,40-41H,3-4,9-10,13-15,18-36H2,1-2H3/b7-5+,8-6+,16-11+,17-12+. The van der Waals surface area contributed by atoms with Gasteiger partial charge in [-0.05, 0) is 96.7 Å². The molecule has 0 heterocycles. The minimum absolute atomic E-state index is 0.186. The smallest absolute Gasteiger partial charge is 0.305 e. The second kappa shape index (κ2) is 36.7. The number of allylic oxidation sites excluding steroid dienone is 6. The third-order valence-electron chi connectivity index (χ3n) is 7.34. The van der Waals surface area contributed by atoms with E-state index in [4.69, 9.17) is 24.4 Å². The lowest BCUT2D eigenvalue weighted by molar-refractivity contribution is -0.158. The van der Waals surface area contributed by atoms with Crippen molar-refractivity contribution < 1.29 is 29.2 Å². The summed E-state index contributed by atoms with van der Waals surface area (Å²) in [5, 5.41) is 18.1. The van der Waals surface area contributed by atoms with Gasteiger partial charge in [-0.2, -0.15) is 0 Å². The molecule has 0 aliphatic carbocycles. The Kier molecular flexibility index (Phi) is 35.3. The number of aliphatic hydroxyl groups is 2. The van der Waals surface area contributed by atoms with E-state index in [-0.39, 0.29) is 19.2 Å². The lowest BCUT2D eigenvalue weighted by atomic mass is 10.1. The second-order valence-corrected chi connectivity index (χ2v) is 11.5. The SMILES string of the molecule is CC/C=C/C/C=C/CCOC(CCC(=O)OCCCCCCN(CCCCO)CCCCCCO)OCC/C=C/C/C=C/CC. The van der Waals surface area contributed by atoms with Gasteiger partial charge >= 0.3 is 5.97 Å². The first-order valence-corrected chi connectivity index (χ1v) is 18.1. The molecule has 0 aromatic carbocycles. The zero-order chi connectivity index (χ0) is 32.9. The highest BCUT2D eigenvalue weighted by Gasteiger charge is 2.13. The molecular formula is C38H69NO6. The lowest BCUT2D eigenvalue weighted by Crippen LogP contribution is -2.27. The van der Waals surface area contributed by atoms with Crippen LogP contribution in [0.3, 0.4) is 0 Å². The molecule has 0 bridgehead atoms. The van der Waals surface area contributed by atoms with Crippen LogP contribution in [0.2, 0.25) is 0 Å². The molecular weight excluding hydrogens is 566 g/mol. The number of hydrogen-bond acceptors (Lipinski definition) is 7. The Bertz CT molecular complexity index is 704. The normalized spacial score (nSPS) is 12.4. The number of ether oxygens (including phenoxy) is 3. The number of esters is 1. The topological polar surface area (TPSA) is 88.5 Å². The van der Waals surface area contributed by atoms with E-state index in [0.717, 1.165) is 122 Å². The van der Waals surface area contributed by atoms with E-state index in [2.05, 4.69) is 67.4 Å². The molecule has 0 aromatic heterocycles. The van der Waals surface area contributed by atoms with Crippen LogP contribution in [0.25, 0.3) is 0 Å². The largest absolute Gasteiger partial charge is 0.466 e. The van der Waals surface area contributed by atoms with Crippen molar-refractivity contribution in [3.63, 3.8) is 0 Å². The van der Waals surface area contributed by atoms with Gasteiger partial charge in [0.2, 0.25) is 0 Å². The van der Waals surface area contributed by atoms with E-state index in [0.29, 0.717) is 32.7 Å². The minimum atomic E-state index is -0.408. The lowest BCUT2D eigenvalue weighted by Gasteiger charge is -2.22. The molecule has 0 aromatic rings. The predicted molar refractivity (Wildman–Crippen MR) is 188 cm³/mol. The second-order valence-electron chi connectivity index (χ2n) is 11.5. The van der Waals surface area contributed by atoms with Crippen LogP contribution in [-0.4, -0.2) is 80.0 Å². The van der Waals surface area contributed by atoms with E-state index in [1.165, 1.54) is 0 Å². The van der Waals surface area contributed by atoms with Crippen molar-refractivity contribution in [1.82, 2.24) is 4.90 Å². The Balaban J connectivity index is 4.29. The first-order valence-electron chi connectivity index (χ1n) is 18.1. The number of unbranched alkanes of at least 4 members (excludes halogenated alkanes) is 7. The average Bonchev–Trinajstić information content (AvgIpc) is 3.04. The van der Waals surface area contributed by atoms with Gasteiger partial charge in [-0.3, -0.25) is 4.79 Å². The van der Waals surface area contributed by atoms with E-state index >= 15 is 0 Å². The fourth-order valence-corrected chi connectivity index (χ4v) is 4.73. The molecule has 0 aliphatic heterocycles. The summed E-state index contributed by atoms with van der Waals surface area (Å²) in [7, 11) is 0. The summed E-state index contributed by atoms with van der Waals surface area (Å²) in [5.41, 5.74) is 0. The fourth-order valence-electron chi connectivity index (χ4n) is 4.73. The Labute approximate surface area is 276 Å². The minimum Gasteiger partial charge on any atom is -0.466 e. The van der Waals surface area contributed by atoms with Gasteiger partial charge in [0.15, 0.2) is 6.29 Å². The van der Waals surface area contributed by atoms with Crippen LogP contribution in [0.15, 0.2) is 48.6 Å². The molecule has 262 valence electrons. The van der Waals surface area contributed by atoms with Gasteiger partial charge < -0.3 is 29.3 Å². The molecule has 7 nitrogen and oxygen atoms in total. The predicted octanol–water partition coefficient (Wildman–Crippen LogP) is 8.46. The number of hydrogen-bond donors (Lipinski definition) is 2. The average molecular weight is 636 g/mol. The summed E-state index contributed by atoms with van der Waals surface area (Å²) in [6, 6.07) is 0. The molecule has 7 heteroatoms. The van der Waals surface area contributed by atoms with Crippen molar-refractivity contribution in [1.29, 1.82) is 0 Å². The molecule has 0 saturated heterocycles. The Hall–Kier alpha value is -1.77. The number of rotatable bonds is 34. The van der Waals surface area contributed by atoms with Gasteiger partial charge in [0, 0.05) is 19.6 Å². The number of aliphatic hydroxyl groups excluding tert-OH is 2. The van der Waals surface area contributed by atoms with E-state index < -0.39 is 6.29 Å². The molecule has 0 spiro atoms. The summed E-state index contributed by atoms with van der Waals surface area (Å²) >= 11 is 0. The van der Waals surface area contributed by atoms with Crippen molar-refractivity contribution in [3.05, 3.63) is 48.6 Å². The van der Waals surface area contributed by atoms with Crippen LogP contribution in [-0.2, 0) is 19.0 Å². The summed E-state index contributed by atoms with van der Waals surface area (Å²) < 4.78 is 17.5. The fraction of sp³-hybridized carbons (Fsp3) is 0.763. The molecule has 0 radical (unpaired) electrons. The molecule has 0 atom stereocenters. The summed E-state index contributed by atoms with van der Waals surface area (Å²) in [6.45, 7) is 9.59. The molecule has 0 saturated carbocycles. The van der Waals surface area contributed by atoms with Gasteiger partial charge in [0.1, 0.15) is 0 Å². The summed E-state index contributed by atoms with van der Waals surface area (Å²) in [4.78, 5) is 14.9. The highest BCUT2D eigenvalue weighted by Crippen LogP contribution is 2.10. The summed E-state index contributed by atoms with van der Waals surface area (Å²) in [6.07, 6.45) is 33.6. The maximum atomic E-state index is 12.4. The van der Waals surface area contributed by atoms with Crippen molar-refractivity contribution in [2.75, 3.05) is 52.7 Å². The number of carbonyl (C=O) groups is 1. The quantitative estimate of drug-likeness (QED) is 0.0317. The van der Waals surface area contributed by atoms with Crippen molar-refractivity contribution in [2.45, 2.75) is 136 Å². The molecule has 45 heavy (non-hydrogen) atoms. The number of nitrogens with zero attached hydrogens (tertiary/aromatic N) is 1. The Morgan fingerprint density at radius 1 is 0.600 bits per heavy atom. The highest BCUT2D eigenvalue weighted by molar-refractivity contribution is 5.69. The van der Waals surface area contributed by atoms with Crippen molar-refractivity contribution in [2.24, 2.45) is 0 Å². The van der Waals surface area contributed by atoms with Crippen LogP contribution in [0, 0.1) is 0 Å². The Morgan fingerprint density at radius 3 is 1.60 bits per heavy atom. The zero-order valence-electron chi connectivity index (χ0n) is 29.1. The van der Waals surface area contributed by atoms with E-state index in [1.807, 2.05) is 0 Å². The first-order chi connectivity index (χ1) is 22.2. The highest BCUT2D eigenvalue weighted by atomic mass is 16.7. The monoisotopic (exact) mass is 636 g/mol. The molecule has 0 fully saturated rings. The van der Waals surface area contributed by atoms with Crippen LogP contribution in [0.5, 0.6) is 0 Å². The van der Waals surface area contributed by atoms with Crippen LogP contribution >= 0.6 is 0 Å². The maximum Gasteiger partial charge on any atom is 0.305 e. The van der Waals surface area contributed by atoms with Crippen LogP contribution < -0.4 is 0 Å². The van der Waals surface area contributed by atoms with Crippen molar-refractivity contribution in [3.8, 4) is 0 Å². The van der Waals surface area contributed by atoms with Crippen molar-refractivity contribution >= 4 is 5.97 Å². The molecule has 0 amide bonds. The van der Waals surface area contributed by atoms with E-state index in [9.17, 15) is 4.79 Å². The van der Waals surface area contributed by atoms with Gasteiger partial charge in [-0.1, -0.05) is 88.1 Å². The molecule has 2 N–H and O–H groups in total. The first kappa shape index (κ1) is 43.2. The zero-order valence-corrected chi connectivity index (χ0v) is 29.1. The van der Waals surface area contributed by atoms with Gasteiger partial charge in [-0.25, -0.2) is 0 Å². The summed E-state index contributed by atoms with van der Waals surface area (Å²) in [5.74, 6) is -0.186.